The van der Waals surface area contributed by atoms with E-state index in [0.29, 0.717) is 18.1 Å². The predicted molar refractivity (Wildman–Crippen MR) is 83.2 cm³/mol. The van der Waals surface area contributed by atoms with Crippen molar-refractivity contribution in [3.8, 4) is 0 Å². The SMILES string of the molecule is CNC1CCCCC1OCC1CCCc2ccccc21. The summed E-state index contributed by atoms with van der Waals surface area (Å²) in [6, 6.07) is 9.49. The van der Waals surface area contributed by atoms with Crippen LogP contribution < -0.4 is 5.32 Å². The molecule has 0 aromatic heterocycles. The molecule has 2 heteroatoms. The molecule has 2 aliphatic rings. The van der Waals surface area contributed by atoms with E-state index in [9.17, 15) is 0 Å². The highest BCUT2D eigenvalue weighted by atomic mass is 16.5. The van der Waals surface area contributed by atoms with Gasteiger partial charge in [-0.05, 0) is 50.3 Å². The van der Waals surface area contributed by atoms with Gasteiger partial charge in [-0.15, -0.1) is 0 Å². The highest BCUT2D eigenvalue weighted by Crippen LogP contribution is 2.32. The Morgan fingerprint density at radius 3 is 2.85 bits per heavy atom. The maximum Gasteiger partial charge on any atom is 0.0728 e. The van der Waals surface area contributed by atoms with E-state index in [1.54, 1.807) is 5.56 Å². The third-order valence-electron chi connectivity index (χ3n) is 5.08. The smallest absolute Gasteiger partial charge is 0.0728 e. The van der Waals surface area contributed by atoms with Gasteiger partial charge < -0.3 is 10.1 Å². The maximum absolute atomic E-state index is 6.32. The van der Waals surface area contributed by atoms with Crippen LogP contribution in [0.25, 0.3) is 0 Å². The number of benzene rings is 1. The van der Waals surface area contributed by atoms with Crippen molar-refractivity contribution in [3.63, 3.8) is 0 Å². The van der Waals surface area contributed by atoms with E-state index in [1.165, 1.54) is 50.5 Å². The van der Waals surface area contributed by atoms with Gasteiger partial charge in [-0.1, -0.05) is 37.1 Å². The average Bonchev–Trinajstić information content (AvgIpc) is 2.53. The molecule has 0 bridgehead atoms. The van der Waals surface area contributed by atoms with E-state index in [2.05, 4.69) is 36.6 Å². The highest BCUT2D eigenvalue weighted by molar-refractivity contribution is 5.32. The third-order valence-corrected chi connectivity index (χ3v) is 5.08. The van der Waals surface area contributed by atoms with E-state index >= 15 is 0 Å². The molecule has 0 amide bonds. The lowest BCUT2D eigenvalue weighted by molar-refractivity contribution is -0.00194. The second kappa shape index (κ2) is 6.73. The van der Waals surface area contributed by atoms with Crippen molar-refractivity contribution in [1.82, 2.24) is 5.32 Å². The number of nitrogens with one attached hydrogen (secondary N) is 1. The summed E-state index contributed by atoms with van der Waals surface area (Å²) >= 11 is 0. The second-order valence-electron chi connectivity index (χ2n) is 6.34. The Morgan fingerprint density at radius 2 is 1.95 bits per heavy atom. The van der Waals surface area contributed by atoms with Crippen molar-refractivity contribution in [2.45, 2.75) is 63.0 Å². The fourth-order valence-corrected chi connectivity index (χ4v) is 3.89. The summed E-state index contributed by atoms with van der Waals surface area (Å²) in [6.45, 7) is 0.903. The molecule has 1 fully saturated rings. The van der Waals surface area contributed by atoms with Crippen molar-refractivity contribution in [3.05, 3.63) is 35.4 Å². The van der Waals surface area contributed by atoms with Crippen LogP contribution in [0.4, 0.5) is 0 Å². The predicted octanol–water partition coefficient (Wildman–Crippen LogP) is 3.65. The van der Waals surface area contributed by atoms with Crippen LogP contribution in [0.5, 0.6) is 0 Å². The van der Waals surface area contributed by atoms with E-state index in [-0.39, 0.29) is 0 Å². The summed E-state index contributed by atoms with van der Waals surface area (Å²) in [5, 5.41) is 3.44. The van der Waals surface area contributed by atoms with Gasteiger partial charge in [-0.3, -0.25) is 0 Å². The summed E-state index contributed by atoms with van der Waals surface area (Å²) in [6.07, 6.45) is 9.42. The Labute approximate surface area is 122 Å². The van der Waals surface area contributed by atoms with Gasteiger partial charge in [0.15, 0.2) is 0 Å². The molecule has 110 valence electrons. The second-order valence-corrected chi connectivity index (χ2v) is 6.34. The lowest BCUT2D eigenvalue weighted by Crippen LogP contribution is -2.42. The Morgan fingerprint density at radius 1 is 1.10 bits per heavy atom. The molecule has 3 unspecified atom stereocenters. The van der Waals surface area contributed by atoms with Crippen LogP contribution in [0, 0.1) is 0 Å². The number of hydrogen-bond donors (Lipinski definition) is 1. The molecule has 0 radical (unpaired) electrons. The Hall–Kier alpha value is -0.860. The maximum atomic E-state index is 6.32. The van der Waals surface area contributed by atoms with Crippen molar-refractivity contribution < 1.29 is 4.74 Å². The lowest BCUT2D eigenvalue weighted by atomic mass is 9.83. The zero-order chi connectivity index (χ0) is 13.8. The van der Waals surface area contributed by atoms with Crippen molar-refractivity contribution in [1.29, 1.82) is 0 Å². The monoisotopic (exact) mass is 273 g/mol. The van der Waals surface area contributed by atoms with Gasteiger partial charge in [0.1, 0.15) is 0 Å². The molecule has 1 aromatic carbocycles. The average molecular weight is 273 g/mol. The number of hydrogen-bond acceptors (Lipinski definition) is 2. The molecule has 0 saturated heterocycles. The molecule has 1 saturated carbocycles. The van der Waals surface area contributed by atoms with Gasteiger partial charge in [0.25, 0.3) is 0 Å². The number of ether oxygens (including phenoxy) is 1. The van der Waals surface area contributed by atoms with Crippen LogP contribution >= 0.6 is 0 Å². The van der Waals surface area contributed by atoms with Gasteiger partial charge >= 0.3 is 0 Å². The minimum Gasteiger partial charge on any atom is -0.376 e. The first-order chi connectivity index (χ1) is 9.88. The molecular formula is C18H27NO. The minimum atomic E-state index is 0.419. The molecule has 2 aliphatic carbocycles. The molecule has 3 atom stereocenters. The standard InChI is InChI=1S/C18H27NO/c1-19-17-11-4-5-12-18(17)20-13-15-9-6-8-14-7-2-3-10-16(14)15/h2-3,7,10,15,17-19H,4-6,8-9,11-13H2,1H3. The number of rotatable bonds is 4. The quantitative estimate of drug-likeness (QED) is 0.904. The van der Waals surface area contributed by atoms with Gasteiger partial charge in [0, 0.05) is 12.0 Å². The van der Waals surface area contributed by atoms with Crippen molar-refractivity contribution in [2.75, 3.05) is 13.7 Å². The summed E-state index contributed by atoms with van der Waals surface area (Å²) in [5.74, 6) is 0.611. The molecule has 0 heterocycles. The zero-order valence-electron chi connectivity index (χ0n) is 12.6. The summed E-state index contributed by atoms with van der Waals surface area (Å²) < 4.78 is 6.32. The van der Waals surface area contributed by atoms with E-state index in [1.807, 2.05) is 0 Å². The zero-order valence-corrected chi connectivity index (χ0v) is 12.6. The van der Waals surface area contributed by atoms with Gasteiger partial charge in [-0.25, -0.2) is 0 Å². The normalized spacial score (nSPS) is 29.9. The summed E-state index contributed by atoms with van der Waals surface area (Å²) in [5.41, 5.74) is 3.08. The fraction of sp³-hybridized carbons (Fsp3) is 0.667. The number of aryl methyl sites for hydroxylation is 1. The van der Waals surface area contributed by atoms with E-state index in [4.69, 9.17) is 4.74 Å². The Bertz CT molecular complexity index is 431. The van der Waals surface area contributed by atoms with Crippen LogP contribution in [-0.4, -0.2) is 25.8 Å². The largest absolute Gasteiger partial charge is 0.376 e. The van der Waals surface area contributed by atoms with E-state index in [0.717, 1.165) is 6.61 Å². The third kappa shape index (κ3) is 3.07. The van der Waals surface area contributed by atoms with Gasteiger partial charge in [-0.2, -0.15) is 0 Å². The first-order valence-electron chi connectivity index (χ1n) is 8.25. The number of fused-ring (bicyclic) bond motifs is 1. The van der Waals surface area contributed by atoms with Crippen LogP contribution in [0.2, 0.25) is 0 Å². The first-order valence-corrected chi connectivity index (χ1v) is 8.25. The lowest BCUT2D eigenvalue weighted by Gasteiger charge is -2.33. The topological polar surface area (TPSA) is 21.3 Å². The Kier molecular flexibility index (Phi) is 4.74. The van der Waals surface area contributed by atoms with Crippen molar-refractivity contribution >= 4 is 0 Å². The molecule has 20 heavy (non-hydrogen) atoms. The summed E-state index contributed by atoms with van der Waals surface area (Å²) in [4.78, 5) is 0. The molecule has 2 nitrogen and oxygen atoms in total. The molecule has 0 aliphatic heterocycles. The van der Waals surface area contributed by atoms with Gasteiger partial charge in [0.2, 0.25) is 0 Å². The molecule has 0 spiro atoms. The van der Waals surface area contributed by atoms with Crippen molar-refractivity contribution in [2.24, 2.45) is 0 Å². The number of likely N-dealkylation sites (N-methyl/N-ethyl adjacent to an activating group) is 1. The molecule has 1 aromatic rings. The fourth-order valence-electron chi connectivity index (χ4n) is 3.89. The van der Waals surface area contributed by atoms with Crippen LogP contribution in [0.3, 0.4) is 0 Å². The minimum absolute atomic E-state index is 0.419. The van der Waals surface area contributed by atoms with Gasteiger partial charge in [0.05, 0.1) is 12.7 Å². The van der Waals surface area contributed by atoms with Crippen LogP contribution in [0.15, 0.2) is 24.3 Å². The highest BCUT2D eigenvalue weighted by Gasteiger charge is 2.26. The first kappa shape index (κ1) is 14.1. The Balaban J connectivity index is 1.61. The molecular weight excluding hydrogens is 246 g/mol. The van der Waals surface area contributed by atoms with E-state index < -0.39 is 0 Å². The molecule has 1 N–H and O–H groups in total. The summed E-state index contributed by atoms with van der Waals surface area (Å²) in [7, 11) is 2.07. The van der Waals surface area contributed by atoms with Crippen LogP contribution in [0.1, 0.15) is 55.6 Å². The van der Waals surface area contributed by atoms with Crippen LogP contribution in [-0.2, 0) is 11.2 Å². The molecule has 3 rings (SSSR count).